The fourth-order valence-corrected chi connectivity index (χ4v) is 2.00. The minimum atomic E-state index is -0.0404. The maximum Gasteiger partial charge on any atom is 0.289 e. The molecule has 2 heterocycles. The van der Waals surface area contributed by atoms with E-state index < -0.39 is 0 Å². The Morgan fingerprint density at radius 2 is 2.39 bits per heavy atom. The Labute approximate surface area is 113 Å². The van der Waals surface area contributed by atoms with Gasteiger partial charge in [-0.15, -0.1) is 12.4 Å². The van der Waals surface area contributed by atoms with Crippen LogP contribution in [-0.2, 0) is 11.3 Å². The molecule has 1 saturated heterocycles. The lowest BCUT2D eigenvalue weighted by Gasteiger charge is -2.33. The van der Waals surface area contributed by atoms with Gasteiger partial charge in [-0.2, -0.15) is 0 Å². The van der Waals surface area contributed by atoms with Crippen LogP contribution >= 0.6 is 12.4 Å². The average Bonchev–Trinajstić information content (AvgIpc) is 2.78. The van der Waals surface area contributed by atoms with E-state index in [0.29, 0.717) is 18.1 Å². The molecule has 1 amide bonds. The number of carbonyl (C=O) groups is 1. The number of nitrogens with one attached hydrogen (secondary N) is 1. The van der Waals surface area contributed by atoms with Gasteiger partial charge >= 0.3 is 0 Å². The van der Waals surface area contributed by atoms with Crippen LogP contribution in [0.2, 0.25) is 0 Å². The summed E-state index contributed by atoms with van der Waals surface area (Å²) in [5.74, 6) is 1.03. The molecule has 1 aromatic rings. The number of halogens is 1. The molecule has 0 aromatic carbocycles. The molecule has 0 bridgehead atoms. The van der Waals surface area contributed by atoms with Crippen LogP contribution in [0.3, 0.4) is 0 Å². The zero-order valence-corrected chi connectivity index (χ0v) is 11.5. The fraction of sp³-hybridized carbons (Fsp3) is 0.583. The molecule has 1 fully saturated rings. The predicted molar refractivity (Wildman–Crippen MR) is 70.0 cm³/mol. The zero-order chi connectivity index (χ0) is 12.3. The van der Waals surface area contributed by atoms with E-state index >= 15 is 0 Å². The van der Waals surface area contributed by atoms with Gasteiger partial charge in [0.2, 0.25) is 0 Å². The Morgan fingerprint density at radius 3 is 3.06 bits per heavy atom. The number of ether oxygens (including phenoxy) is 1. The van der Waals surface area contributed by atoms with Crippen LogP contribution in [0.1, 0.15) is 23.2 Å². The minimum absolute atomic E-state index is 0. The first-order valence-electron chi connectivity index (χ1n) is 5.81. The first-order valence-corrected chi connectivity index (χ1v) is 5.81. The number of furan rings is 1. The lowest BCUT2D eigenvalue weighted by atomic mass is 10.2. The predicted octanol–water partition coefficient (Wildman–Crippen LogP) is 1.28. The van der Waals surface area contributed by atoms with E-state index in [1.165, 1.54) is 0 Å². The van der Waals surface area contributed by atoms with Gasteiger partial charge in [0.1, 0.15) is 12.4 Å². The summed E-state index contributed by atoms with van der Waals surface area (Å²) >= 11 is 0. The van der Waals surface area contributed by atoms with Crippen LogP contribution in [0, 0.1) is 0 Å². The van der Waals surface area contributed by atoms with Crippen LogP contribution in [0.15, 0.2) is 16.5 Å². The van der Waals surface area contributed by atoms with E-state index in [0.717, 1.165) is 19.6 Å². The van der Waals surface area contributed by atoms with Crippen molar-refractivity contribution in [2.75, 3.05) is 26.7 Å². The second-order valence-corrected chi connectivity index (χ2v) is 4.25. The molecule has 1 N–H and O–H groups in total. The molecule has 1 aliphatic heterocycles. The van der Waals surface area contributed by atoms with Gasteiger partial charge in [-0.25, -0.2) is 0 Å². The van der Waals surface area contributed by atoms with E-state index in [-0.39, 0.29) is 24.4 Å². The highest BCUT2D eigenvalue weighted by atomic mass is 35.5. The molecule has 1 atom stereocenters. The molecule has 0 aliphatic carbocycles. The molecule has 18 heavy (non-hydrogen) atoms. The number of carbonyl (C=O) groups excluding carboxylic acids is 1. The van der Waals surface area contributed by atoms with Crippen molar-refractivity contribution >= 4 is 18.3 Å². The van der Waals surface area contributed by atoms with E-state index in [1.807, 2.05) is 11.8 Å². The Hall–Kier alpha value is -1.04. The van der Waals surface area contributed by atoms with Crippen molar-refractivity contribution in [3.63, 3.8) is 0 Å². The molecule has 0 saturated carbocycles. The molecule has 1 aromatic heterocycles. The monoisotopic (exact) mass is 274 g/mol. The van der Waals surface area contributed by atoms with Gasteiger partial charge in [-0.3, -0.25) is 4.79 Å². The normalized spacial score (nSPS) is 19.4. The SMILES string of the molecule is COCc1ccc(C(=O)N2CCNC[C@H]2C)o1.Cl. The van der Waals surface area contributed by atoms with Gasteiger partial charge in [-0.05, 0) is 19.1 Å². The number of amides is 1. The summed E-state index contributed by atoms with van der Waals surface area (Å²) in [6.45, 7) is 4.81. The van der Waals surface area contributed by atoms with Gasteiger partial charge in [0.15, 0.2) is 5.76 Å². The third kappa shape index (κ3) is 3.25. The fourth-order valence-electron chi connectivity index (χ4n) is 2.00. The summed E-state index contributed by atoms with van der Waals surface area (Å²) in [7, 11) is 1.60. The maximum absolute atomic E-state index is 12.2. The summed E-state index contributed by atoms with van der Waals surface area (Å²) in [5.41, 5.74) is 0. The molecule has 2 rings (SSSR count). The number of methoxy groups -OCH3 is 1. The van der Waals surface area contributed by atoms with Gasteiger partial charge in [0.05, 0.1) is 0 Å². The Bertz CT molecular complexity index is 394. The van der Waals surface area contributed by atoms with Crippen LogP contribution in [0.4, 0.5) is 0 Å². The largest absolute Gasteiger partial charge is 0.453 e. The first-order chi connectivity index (χ1) is 8.22. The van der Waals surface area contributed by atoms with Crippen molar-refractivity contribution in [1.29, 1.82) is 0 Å². The quantitative estimate of drug-likeness (QED) is 0.902. The third-order valence-corrected chi connectivity index (χ3v) is 2.92. The Morgan fingerprint density at radius 1 is 1.61 bits per heavy atom. The van der Waals surface area contributed by atoms with Crippen molar-refractivity contribution in [2.45, 2.75) is 19.6 Å². The number of nitrogens with zero attached hydrogens (tertiary/aromatic N) is 1. The van der Waals surface area contributed by atoms with Crippen LogP contribution in [-0.4, -0.2) is 43.6 Å². The molecule has 0 unspecified atom stereocenters. The van der Waals surface area contributed by atoms with Gasteiger partial charge in [0, 0.05) is 32.8 Å². The van der Waals surface area contributed by atoms with Crippen molar-refractivity contribution in [2.24, 2.45) is 0 Å². The third-order valence-electron chi connectivity index (χ3n) is 2.92. The molecular weight excluding hydrogens is 256 g/mol. The Balaban J connectivity index is 0.00000162. The van der Waals surface area contributed by atoms with E-state index in [4.69, 9.17) is 9.15 Å². The molecule has 102 valence electrons. The van der Waals surface area contributed by atoms with E-state index in [1.54, 1.807) is 19.2 Å². The average molecular weight is 275 g/mol. The summed E-state index contributed by atoms with van der Waals surface area (Å²) < 4.78 is 10.4. The second-order valence-electron chi connectivity index (χ2n) is 4.25. The molecule has 5 nitrogen and oxygen atoms in total. The van der Waals surface area contributed by atoms with Crippen molar-refractivity contribution in [1.82, 2.24) is 10.2 Å². The summed E-state index contributed by atoms with van der Waals surface area (Å²) in [6.07, 6.45) is 0. The highest BCUT2D eigenvalue weighted by Crippen LogP contribution is 2.14. The van der Waals surface area contributed by atoms with Crippen molar-refractivity contribution < 1.29 is 13.9 Å². The zero-order valence-electron chi connectivity index (χ0n) is 10.6. The lowest BCUT2D eigenvalue weighted by Crippen LogP contribution is -2.52. The van der Waals surface area contributed by atoms with Gasteiger partial charge in [0.25, 0.3) is 5.91 Å². The molecule has 0 spiro atoms. The standard InChI is InChI=1S/C12H18N2O3.ClH/c1-9-7-13-5-6-14(9)12(15)11-4-3-10(17-11)8-16-2;/h3-4,9,13H,5-8H2,1-2H3;1H/t9-;/m1./s1. The molecular formula is C12H19ClN2O3. The van der Waals surface area contributed by atoms with E-state index in [9.17, 15) is 4.79 Å². The number of hydrogen-bond acceptors (Lipinski definition) is 4. The topological polar surface area (TPSA) is 54.7 Å². The van der Waals surface area contributed by atoms with Gasteiger partial charge in [-0.1, -0.05) is 0 Å². The van der Waals surface area contributed by atoms with Crippen LogP contribution in [0.25, 0.3) is 0 Å². The molecule has 6 heteroatoms. The summed E-state index contributed by atoms with van der Waals surface area (Å²) in [4.78, 5) is 14.0. The highest BCUT2D eigenvalue weighted by molar-refractivity contribution is 5.91. The highest BCUT2D eigenvalue weighted by Gasteiger charge is 2.25. The smallest absolute Gasteiger partial charge is 0.289 e. The van der Waals surface area contributed by atoms with Gasteiger partial charge < -0.3 is 19.4 Å². The summed E-state index contributed by atoms with van der Waals surface area (Å²) in [5, 5.41) is 3.25. The number of rotatable bonds is 3. The molecule has 0 radical (unpaired) electrons. The minimum Gasteiger partial charge on any atom is -0.453 e. The summed E-state index contributed by atoms with van der Waals surface area (Å²) in [6, 6.07) is 3.70. The second kappa shape index (κ2) is 6.78. The number of hydrogen-bond donors (Lipinski definition) is 1. The number of piperazine rings is 1. The van der Waals surface area contributed by atoms with Crippen molar-refractivity contribution in [3.8, 4) is 0 Å². The van der Waals surface area contributed by atoms with Crippen LogP contribution < -0.4 is 5.32 Å². The maximum atomic E-state index is 12.2. The van der Waals surface area contributed by atoms with Crippen LogP contribution in [0.5, 0.6) is 0 Å². The Kier molecular flexibility index (Phi) is 5.65. The lowest BCUT2D eigenvalue weighted by molar-refractivity contribution is 0.0616. The molecule has 1 aliphatic rings. The van der Waals surface area contributed by atoms with E-state index in [2.05, 4.69) is 5.32 Å². The first kappa shape index (κ1) is 15.0. The van der Waals surface area contributed by atoms with Crippen molar-refractivity contribution in [3.05, 3.63) is 23.7 Å².